The first-order chi connectivity index (χ1) is 6.74. The zero-order valence-electron chi connectivity index (χ0n) is 7.74. The van der Waals surface area contributed by atoms with E-state index in [-0.39, 0.29) is 5.97 Å². The molecule has 1 aromatic heterocycles. The van der Waals surface area contributed by atoms with Crippen molar-refractivity contribution in [1.82, 2.24) is 4.98 Å². The number of carbonyl (C=O) groups is 1. The van der Waals surface area contributed by atoms with Crippen molar-refractivity contribution in [2.24, 2.45) is 0 Å². The summed E-state index contributed by atoms with van der Waals surface area (Å²) in [6.07, 6.45) is 6.07. The summed E-state index contributed by atoms with van der Waals surface area (Å²) in [5.41, 5.74) is 0.745. The average Bonchev–Trinajstić information content (AvgIpc) is 2.17. The van der Waals surface area contributed by atoms with Gasteiger partial charge in [-0.25, -0.2) is 4.79 Å². The first-order valence-corrected chi connectivity index (χ1v) is 4.56. The number of nitrogens with zero attached hydrogens (tertiary/aromatic N) is 1. The number of hydrogen-bond acceptors (Lipinski definition) is 3. The predicted molar refractivity (Wildman–Crippen MR) is 54.9 cm³/mol. The van der Waals surface area contributed by atoms with Gasteiger partial charge in [-0.3, -0.25) is 4.98 Å². The van der Waals surface area contributed by atoms with Crippen molar-refractivity contribution in [3.63, 3.8) is 0 Å². The van der Waals surface area contributed by atoms with Gasteiger partial charge in [-0.1, -0.05) is 11.6 Å². The van der Waals surface area contributed by atoms with Crippen molar-refractivity contribution in [3.05, 3.63) is 35.1 Å². The van der Waals surface area contributed by atoms with E-state index >= 15 is 0 Å². The summed E-state index contributed by atoms with van der Waals surface area (Å²) in [7, 11) is 0. The van der Waals surface area contributed by atoms with Crippen LogP contribution in [0.3, 0.4) is 0 Å². The van der Waals surface area contributed by atoms with E-state index in [1.807, 2.05) is 0 Å². The summed E-state index contributed by atoms with van der Waals surface area (Å²) in [5, 5.41) is 0.507. The van der Waals surface area contributed by atoms with Crippen LogP contribution in [0.1, 0.15) is 12.5 Å². The highest BCUT2D eigenvalue weighted by atomic mass is 35.5. The molecular weight excluding hydrogens is 202 g/mol. The number of hydrogen-bond donors (Lipinski definition) is 0. The van der Waals surface area contributed by atoms with Gasteiger partial charge in [-0.15, -0.1) is 0 Å². The highest BCUT2D eigenvalue weighted by Crippen LogP contribution is 2.14. The number of esters is 1. The van der Waals surface area contributed by atoms with Crippen LogP contribution in [-0.4, -0.2) is 17.6 Å². The zero-order chi connectivity index (χ0) is 10.4. The average molecular weight is 212 g/mol. The third kappa shape index (κ3) is 3.18. The Balaban J connectivity index is 2.69. The Morgan fingerprint density at radius 1 is 1.71 bits per heavy atom. The van der Waals surface area contributed by atoms with Gasteiger partial charge in [-0.2, -0.15) is 0 Å². The molecular formula is C10H10ClNO2. The van der Waals surface area contributed by atoms with Crippen LogP contribution in [0, 0.1) is 0 Å². The van der Waals surface area contributed by atoms with E-state index in [9.17, 15) is 4.79 Å². The lowest BCUT2D eigenvalue weighted by Gasteiger charge is -1.96. The Morgan fingerprint density at radius 3 is 3.14 bits per heavy atom. The second-order valence-corrected chi connectivity index (χ2v) is 2.89. The Bertz CT molecular complexity index is 350. The molecule has 0 amide bonds. The summed E-state index contributed by atoms with van der Waals surface area (Å²) >= 11 is 5.82. The topological polar surface area (TPSA) is 39.2 Å². The monoisotopic (exact) mass is 211 g/mol. The molecule has 0 aliphatic heterocycles. The lowest BCUT2D eigenvalue weighted by atomic mass is 10.2. The van der Waals surface area contributed by atoms with Crippen molar-refractivity contribution in [2.45, 2.75) is 6.92 Å². The van der Waals surface area contributed by atoms with E-state index in [1.165, 1.54) is 12.3 Å². The first-order valence-electron chi connectivity index (χ1n) is 4.18. The molecule has 0 aliphatic carbocycles. The Morgan fingerprint density at radius 2 is 2.50 bits per heavy atom. The van der Waals surface area contributed by atoms with Gasteiger partial charge in [0, 0.05) is 18.5 Å². The number of pyridine rings is 1. The van der Waals surface area contributed by atoms with Gasteiger partial charge in [0.05, 0.1) is 11.6 Å². The summed E-state index contributed by atoms with van der Waals surface area (Å²) < 4.78 is 4.72. The van der Waals surface area contributed by atoms with Crippen LogP contribution < -0.4 is 0 Å². The minimum absolute atomic E-state index is 0.368. The molecule has 0 bridgehead atoms. The lowest BCUT2D eigenvalue weighted by molar-refractivity contribution is -0.137. The molecule has 3 nitrogen and oxygen atoms in total. The maximum atomic E-state index is 11.0. The molecule has 0 atom stereocenters. The van der Waals surface area contributed by atoms with E-state index in [4.69, 9.17) is 16.3 Å². The number of ether oxygens (including phenoxy) is 1. The fourth-order valence-electron chi connectivity index (χ4n) is 0.869. The largest absolute Gasteiger partial charge is 0.463 e. The summed E-state index contributed by atoms with van der Waals surface area (Å²) in [6, 6.07) is 1.72. The molecule has 0 fully saturated rings. The maximum absolute atomic E-state index is 11.0. The predicted octanol–water partition coefficient (Wildman–Crippen LogP) is 2.31. The number of carbonyl (C=O) groups excluding carboxylic acids is 1. The molecule has 0 saturated heterocycles. The van der Waals surface area contributed by atoms with Crippen molar-refractivity contribution < 1.29 is 9.53 Å². The van der Waals surface area contributed by atoms with Crippen LogP contribution in [0.4, 0.5) is 0 Å². The molecule has 1 heterocycles. The van der Waals surface area contributed by atoms with Crippen LogP contribution in [0.5, 0.6) is 0 Å². The third-order valence-corrected chi connectivity index (χ3v) is 1.81. The van der Waals surface area contributed by atoms with E-state index in [0.29, 0.717) is 11.6 Å². The fourth-order valence-corrected chi connectivity index (χ4v) is 1.05. The molecule has 0 unspecified atom stereocenters. The zero-order valence-corrected chi connectivity index (χ0v) is 8.49. The molecule has 1 aromatic rings. The molecule has 4 heteroatoms. The van der Waals surface area contributed by atoms with Gasteiger partial charge in [0.1, 0.15) is 0 Å². The highest BCUT2D eigenvalue weighted by molar-refractivity contribution is 6.32. The van der Waals surface area contributed by atoms with Crippen molar-refractivity contribution in [1.29, 1.82) is 0 Å². The number of rotatable bonds is 3. The Kier molecular flexibility index (Phi) is 4.13. The van der Waals surface area contributed by atoms with Crippen molar-refractivity contribution in [3.8, 4) is 0 Å². The van der Waals surface area contributed by atoms with Crippen molar-refractivity contribution >= 4 is 23.6 Å². The first kappa shape index (κ1) is 10.7. The summed E-state index contributed by atoms with van der Waals surface area (Å²) in [4.78, 5) is 14.8. The number of aromatic nitrogens is 1. The summed E-state index contributed by atoms with van der Waals surface area (Å²) in [5.74, 6) is -0.375. The second kappa shape index (κ2) is 5.40. The molecule has 0 N–H and O–H groups in total. The van der Waals surface area contributed by atoms with E-state index in [0.717, 1.165) is 5.56 Å². The van der Waals surface area contributed by atoms with E-state index < -0.39 is 0 Å². The SMILES string of the molecule is CCOC(=O)C=Cc1ccncc1Cl. The van der Waals surface area contributed by atoms with Gasteiger partial charge in [-0.05, 0) is 24.6 Å². The Labute approximate surface area is 87.4 Å². The molecule has 0 radical (unpaired) electrons. The van der Waals surface area contributed by atoms with Crippen LogP contribution in [0.15, 0.2) is 24.5 Å². The molecule has 1 rings (SSSR count). The van der Waals surface area contributed by atoms with Gasteiger partial charge < -0.3 is 4.74 Å². The lowest BCUT2D eigenvalue weighted by Crippen LogP contribution is -1.98. The molecule has 74 valence electrons. The third-order valence-electron chi connectivity index (χ3n) is 1.49. The second-order valence-electron chi connectivity index (χ2n) is 2.48. The highest BCUT2D eigenvalue weighted by Gasteiger charge is 1.97. The van der Waals surface area contributed by atoms with Gasteiger partial charge in [0.25, 0.3) is 0 Å². The van der Waals surface area contributed by atoms with Crippen LogP contribution >= 0.6 is 11.6 Å². The van der Waals surface area contributed by atoms with Gasteiger partial charge >= 0.3 is 5.97 Å². The van der Waals surface area contributed by atoms with Crippen molar-refractivity contribution in [2.75, 3.05) is 6.61 Å². The minimum Gasteiger partial charge on any atom is -0.463 e. The summed E-state index contributed by atoms with van der Waals surface area (Å²) in [6.45, 7) is 2.12. The number of halogens is 1. The standard InChI is InChI=1S/C10H10ClNO2/c1-2-14-10(13)4-3-8-5-6-12-7-9(8)11/h3-7H,2H2,1H3. The molecule has 0 aliphatic rings. The fraction of sp³-hybridized carbons (Fsp3) is 0.200. The van der Waals surface area contributed by atoms with Gasteiger partial charge in [0.2, 0.25) is 0 Å². The van der Waals surface area contributed by atoms with E-state index in [2.05, 4.69) is 4.98 Å². The quantitative estimate of drug-likeness (QED) is 0.569. The smallest absolute Gasteiger partial charge is 0.330 e. The molecule has 0 spiro atoms. The molecule has 14 heavy (non-hydrogen) atoms. The van der Waals surface area contributed by atoms with Crippen LogP contribution in [0.25, 0.3) is 6.08 Å². The van der Waals surface area contributed by atoms with Crippen LogP contribution in [-0.2, 0) is 9.53 Å². The molecule has 0 saturated carbocycles. The normalized spacial score (nSPS) is 10.4. The van der Waals surface area contributed by atoms with E-state index in [1.54, 1.807) is 25.3 Å². The van der Waals surface area contributed by atoms with Gasteiger partial charge in [0.15, 0.2) is 0 Å². The maximum Gasteiger partial charge on any atom is 0.330 e. The minimum atomic E-state index is -0.375. The Hall–Kier alpha value is -1.35. The van der Waals surface area contributed by atoms with Crippen LogP contribution in [0.2, 0.25) is 5.02 Å². The molecule has 0 aromatic carbocycles.